The van der Waals surface area contributed by atoms with Gasteiger partial charge in [-0.15, -0.1) is 0 Å². The number of anilines is 2. The number of hydrogen-bond acceptors (Lipinski definition) is 4. The Hall–Kier alpha value is -1.42. The number of benzene rings is 1. The van der Waals surface area contributed by atoms with Crippen molar-refractivity contribution in [1.29, 1.82) is 0 Å². The molecule has 100 valence electrons. The Labute approximate surface area is 108 Å². The van der Waals surface area contributed by atoms with E-state index in [-0.39, 0.29) is 0 Å². The molecular weight excluding hydrogens is 228 g/mol. The van der Waals surface area contributed by atoms with E-state index < -0.39 is 0 Å². The van der Waals surface area contributed by atoms with Gasteiger partial charge in [-0.05, 0) is 37.8 Å². The van der Waals surface area contributed by atoms with Crippen LogP contribution >= 0.6 is 0 Å². The van der Waals surface area contributed by atoms with Gasteiger partial charge in [0.25, 0.3) is 0 Å². The third kappa shape index (κ3) is 3.53. The molecule has 1 aliphatic rings. The maximum absolute atomic E-state index is 5.85. The molecule has 0 unspecified atom stereocenters. The standard InChI is InChI=1S/C14H22N2O2/c1-2-18-14-9-12(3-4-13(14)15)16-10-11-5-7-17-8-6-11/h3-4,9,11,16H,2,5-8,10,15H2,1H3. The van der Waals surface area contributed by atoms with Crippen molar-refractivity contribution in [3.8, 4) is 5.75 Å². The highest BCUT2D eigenvalue weighted by atomic mass is 16.5. The fourth-order valence-electron chi connectivity index (χ4n) is 2.14. The second-order valence-electron chi connectivity index (χ2n) is 4.62. The zero-order valence-electron chi connectivity index (χ0n) is 10.9. The van der Waals surface area contributed by atoms with Crippen LogP contribution in [0.1, 0.15) is 19.8 Å². The van der Waals surface area contributed by atoms with Gasteiger partial charge >= 0.3 is 0 Å². The van der Waals surface area contributed by atoms with Gasteiger partial charge in [-0.1, -0.05) is 0 Å². The summed E-state index contributed by atoms with van der Waals surface area (Å²) in [5.41, 5.74) is 7.60. The third-order valence-corrected chi connectivity index (χ3v) is 3.25. The Balaban J connectivity index is 1.90. The molecule has 1 aromatic carbocycles. The summed E-state index contributed by atoms with van der Waals surface area (Å²) in [4.78, 5) is 0. The second kappa shape index (κ2) is 6.50. The van der Waals surface area contributed by atoms with Gasteiger partial charge in [-0.25, -0.2) is 0 Å². The monoisotopic (exact) mass is 250 g/mol. The first kappa shape index (κ1) is 13.0. The van der Waals surface area contributed by atoms with E-state index in [1.165, 1.54) is 0 Å². The molecule has 0 aromatic heterocycles. The first-order chi connectivity index (χ1) is 8.79. The van der Waals surface area contributed by atoms with Crippen LogP contribution in [0, 0.1) is 5.92 Å². The van der Waals surface area contributed by atoms with Gasteiger partial charge in [0.2, 0.25) is 0 Å². The molecule has 2 rings (SSSR count). The minimum Gasteiger partial charge on any atom is -0.492 e. The first-order valence-corrected chi connectivity index (χ1v) is 6.63. The average molecular weight is 250 g/mol. The van der Waals surface area contributed by atoms with Gasteiger partial charge < -0.3 is 20.5 Å². The van der Waals surface area contributed by atoms with Crippen LogP contribution in [0.2, 0.25) is 0 Å². The minimum atomic E-state index is 0.633. The van der Waals surface area contributed by atoms with Crippen molar-refractivity contribution >= 4 is 11.4 Å². The molecule has 1 saturated heterocycles. The van der Waals surface area contributed by atoms with Crippen LogP contribution in [0.15, 0.2) is 18.2 Å². The van der Waals surface area contributed by atoms with Crippen LogP contribution in [0.5, 0.6) is 5.75 Å². The zero-order valence-corrected chi connectivity index (χ0v) is 10.9. The molecule has 3 N–H and O–H groups in total. The lowest BCUT2D eigenvalue weighted by molar-refractivity contribution is 0.0699. The summed E-state index contributed by atoms with van der Waals surface area (Å²) in [5.74, 6) is 1.46. The summed E-state index contributed by atoms with van der Waals surface area (Å²) in [6, 6.07) is 5.85. The normalized spacial score (nSPS) is 16.5. The summed E-state index contributed by atoms with van der Waals surface area (Å²) in [5, 5.41) is 3.45. The maximum atomic E-state index is 5.85. The van der Waals surface area contributed by atoms with E-state index >= 15 is 0 Å². The van der Waals surface area contributed by atoms with Gasteiger partial charge in [0.15, 0.2) is 0 Å². The summed E-state index contributed by atoms with van der Waals surface area (Å²) in [6.07, 6.45) is 2.28. The number of hydrogen-bond donors (Lipinski definition) is 2. The summed E-state index contributed by atoms with van der Waals surface area (Å²) in [7, 11) is 0. The van der Waals surface area contributed by atoms with Crippen molar-refractivity contribution in [3.63, 3.8) is 0 Å². The van der Waals surface area contributed by atoms with Crippen molar-refractivity contribution in [2.45, 2.75) is 19.8 Å². The van der Waals surface area contributed by atoms with Crippen molar-refractivity contribution in [3.05, 3.63) is 18.2 Å². The molecule has 1 fully saturated rings. The Morgan fingerprint density at radius 2 is 2.17 bits per heavy atom. The van der Waals surface area contributed by atoms with Crippen molar-refractivity contribution in [2.75, 3.05) is 37.4 Å². The SMILES string of the molecule is CCOc1cc(NCC2CCOCC2)ccc1N. The predicted octanol–water partition coefficient (Wildman–Crippen LogP) is 2.51. The first-order valence-electron chi connectivity index (χ1n) is 6.63. The molecule has 0 bridgehead atoms. The zero-order chi connectivity index (χ0) is 12.8. The lowest BCUT2D eigenvalue weighted by Crippen LogP contribution is -2.22. The molecule has 0 saturated carbocycles. The number of rotatable bonds is 5. The molecule has 1 aromatic rings. The van der Waals surface area contributed by atoms with E-state index in [4.69, 9.17) is 15.2 Å². The summed E-state index contributed by atoms with van der Waals surface area (Å²) >= 11 is 0. The van der Waals surface area contributed by atoms with Gasteiger partial charge in [-0.2, -0.15) is 0 Å². The molecule has 0 atom stereocenters. The molecular formula is C14H22N2O2. The quantitative estimate of drug-likeness (QED) is 0.788. The fourth-order valence-corrected chi connectivity index (χ4v) is 2.14. The van der Waals surface area contributed by atoms with Gasteiger partial charge in [0.05, 0.1) is 12.3 Å². The Morgan fingerprint density at radius 3 is 2.89 bits per heavy atom. The fraction of sp³-hybridized carbons (Fsp3) is 0.571. The average Bonchev–Trinajstić information content (AvgIpc) is 2.41. The van der Waals surface area contributed by atoms with E-state index in [1.807, 2.05) is 25.1 Å². The Morgan fingerprint density at radius 1 is 1.39 bits per heavy atom. The smallest absolute Gasteiger partial charge is 0.144 e. The molecule has 1 aliphatic heterocycles. The Kier molecular flexibility index (Phi) is 4.70. The highest BCUT2D eigenvalue weighted by Gasteiger charge is 2.13. The van der Waals surface area contributed by atoms with Crippen molar-refractivity contribution in [1.82, 2.24) is 0 Å². The Bertz CT molecular complexity index is 376. The molecule has 0 radical (unpaired) electrons. The van der Waals surface area contributed by atoms with E-state index in [0.29, 0.717) is 18.2 Å². The third-order valence-electron chi connectivity index (χ3n) is 3.25. The summed E-state index contributed by atoms with van der Waals surface area (Å²) < 4.78 is 10.8. The molecule has 4 nitrogen and oxygen atoms in total. The number of ether oxygens (including phenoxy) is 2. The molecule has 0 amide bonds. The second-order valence-corrected chi connectivity index (χ2v) is 4.62. The largest absolute Gasteiger partial charge is 0.492 e. The molecule has 18 heavy (non-hydrogen) atoms. The van der Waals surface area contributed by atoms with Gasteiger partial charge in [0.1, 0.15) is 5.75 Å². The van der Waals surface area contributed by atoms with Crippen LogP contribution < -0.4 is 15.8 Å². The minimum absolute atomic E-state index is 0.633. The lowest BCUT2D eigenvalue weighted by Gasteiger charge is -2.22. The number of nitrogen functional groups attached to an aromatic ring is 1. The maximum Gasteiger partial charge on any atom is 0.144 e. The van der Waals surface area contributed by atoms with Gasteiger partial charge in [0, 0.05) is 31.5 Å². The number of nitrogens with one attached hydrogen (secondary N) is 1. The lowest BCUT2D eigenvalue weighted by atomic mass is 10.0. The van der Waals surface area contributed by atoms with Crippen LogP contribution in [-0.2, 0) is 4.74 Å². The van der Waals surface area contributed by atoms with E-state index in [0.717, 1.165) is 44.0 Å². The van der Waals surface area contributed by atoms with Crippen molar-refractivity contribution in [2.24, 2.45) is 5.92 Å². The summed E-state index contributed by atoms with van der Waals surface area (Å²) in [6.45, 7) is 5.35. The highest BCUT2D eigenvalue weighted by molar-refractivity contribution is 5.61. The van der Waals surface area contributed by atoms with Crippen molar-refractivity contribution < 1.29 is 9.47 Å². The topological polar surface area (TPSA) is 56.5 Å². The van der Waals surface area contributed by atoms with Crippen LogP contribution in [-0.4, -0.2) is 26.4 Å². The van der Waals surface area contributed by atoms with Crippen LogP contribution in [0.25, 0.3) is 0 Å². The van der Waals surface area contributed by atoms with Gasteiger partial charge in [-0.3, -0.25) is 0 Å². The van der Waals surface area contributed by atoms with E-state index in [9.17, 15) is 0 Å². The highest BCUT2D eigenvalue weighted by Crippen LogP contribution is 2.26. The molecule has 4 heteroatoms. The van der Waals surface area contributed by atoms with Crippen LogP contribution in [0.3, 0.4) is 0 Å². The van der Waals surface area contributed by atoms with E-state index in [2.05, 4.69) is 5.32 Å². The molecule has 0 spiro atoms. The van der Waals surface area contributed by atoms with Crippen LogP contribution in [0.4, 0.5) is 11.4 Å². The number of nitrogens with two attached hydrogens (primary N) is 1. The molecule has 1 heterocycles. The predicted molar refractivity (Wildman–Crippen MR) is 74.1 cm³/mol. The molecule has 0 aliphatic carbocycles. The van der Waals surface area contributed by atoms with E-state index in [1.54, 1.807) is 0 Å².